The number of hydrogen-bond donors (Lipinski definition) is 1. The van der Waals surface area contributed by atoms with E-state index < -0.39 is 0 Å². The van der Waals surface area contributed by atoms with Gasteiger partial charge in [0.25, 0.3) is 0 Å². The molecule has 0 aliphatic carbocycles. The number of pyridine rings is 1. The maximum absolute atomic E-state index is 5.95. The van der Waals surface area contributed by atoms with E-state index in [1.807, 2.05) is 24.3 Å². The number of nitrogens with two attached hydrogens (primary N) is 1. The van der Waals surface area contributed by atoms with Crippen LogP contribution in [0.4, 0.5) is 5.69 Å². The van der Waals surface area contributed by atoms with Crippen molar-refractivity contribution in [3.63, 3.8) is 0 Å². The first-order chi connectivity index (χ1) is 9.84. The maximum Gasteiger partial charge on any atom is 0.145 e. The van der Waals surface area contributed by atoms with Gasteiger partial charge in [-0.1, -0.05) is 0 Å². The number of aromatic nitrogens is 1. The summed E-state index contributed by atoms with van der Waals surface area (Å²) in [5.74, 6) is 0.794. The van der Waals surface area contributed by atoms with Gasteiger partial charge in [0.05, 0.1) is 13.2 Å². The molecule has 1 aromatic carbocycles. The summed E-state index contributed by atoms with van der Waals surface area (Å²) < 4.78 is 11.2. The summed E-state index contributed by atoms with van der Waals surface area (Å²) in [6.07, 6.45) is 1.76. The lowest BCUT2D eigenvalue weighted by Gasteiger charge is -2.26. The topological polar surface area (TPSA) is 60.6 Å². The monoisotopic (exact) mass is 273 g/mol. The van der Waals surface area contributed by atoms with Crippen LogP contribution in [-0.4, -0.2) is 49.3 Å². The van der Waals surface area contributed by atoms with Crippen LogP contribution in [-0.2, 0) is 4.74 Å². The number of morpholine rings is 1. The van der Waals surface area contributed by atoms with Gasteiger partial charge in [-0.15, -0.1) is 0 Å². The number of nitrogens with zero attached hydrogens (tertiary/aromatic N) is 2. The number of nitrogen functional groups attached to an aromatic ring is 1. The highest BCUT2D eigenvalue weighted by Crippen LogP contribution is 2.27. The van der Waals surface area contributed by atoms with Crippen LogP contribution in [0.2, 0.25) is 0 Å². The summed E-state index contributed by atoms with van der Waals surface area (Å²) in [5, 5.41) is 0.941. The van der Waals surface area contributed by atoms with Crippen LogP contribution in [0.3, 0.4) is 0 Å². The molecule has 2 heterocycles. The number of fused-ring (bicyclic) bond motifs is 1. The molecule has 5 nitrogen and oxygen atoms in total. The molecular formula is C15H19N3O2. The van der Waals surface area contributed by atoms with Crippen molar-refractivity contribution in [2.75, 3.05) is 45.2 Å². The minimum absolute atomic E-state index is 0.648. The Balaban J connectivity index is 1.67. The predicted octanol–water partition coefficient (Wildman–Crippen LogP) is 1.53. The van der Waals surface area contributed by atoms with Gasteiger partial charge >= 0.3 is 0 Å². The summed E-state index contributed by atoms with van der Waals surface area (Å²) >= 11 is 0. The molecule has 106 valence electrons. The summed E-state index contributed by atoms with van der Waals surface area (Å²) in [7, 11) is 0. The van der Waals surface area contributed by atoms with Crippen LogP contribution in [0.25, 0.3) is 10.9 Å². The van der Waals surface area contributed by atoms with Crippen molar-refractivity contribution < 1.29 is 9.47 Å². The third kappa shape index (κ3) is 2.84. The normalized spacial score (nSPS) is 16.4. The van der Waals surface area contributed by atoms with E-state index in [0.29, 0.717) is 6.61 Å². The lowest BCUT2D eigenvalue weighted by molar-refractivity contribution is 0.0323. The molecule has 0 atom stereocenters. The van der Waals surface area contributed by atoms with Crippen molar-refractivity contribution in [2.45, 2.75) is 0 Å². The average molecular weight is 273 g/mol. The minimum atomic E-state index is 0.648. The first kappa shape index (κ1) is 13.1. The molecule has 1 saturated heterocycles. The second-order valence-corrected chi connectivity index (χ2v) is 4.85. The summed E-state index contributed by atoms with van der Waals surface area (Å²) in [6, 6.07) is 7.61. The molecule has 1 fully saturated rings. The highest BCUT2D eigenvalue weighted by atomic mass is 16.5. The van der Waals surface area contributed by atoms with E-state index >= 15 is 0 Å². The lowest BCUT2D eigenvalue weighted by Crippen LogP contribution is -2.38. The summed E-state index contributed by atoms with van der Waals surface area (Å²) in [4.78, 5) is 6.71. The summed E-state index contributed by atoms with van der Waals surface area (Å²) in [6.45, 7) is 5.13. The zero-order valence-corrected chi connectivity index (χ0v) is 11.4. The maximum atomic E-state index is 5.95. The van der Waals surface area contributed by atoms with Crippen LogP contribution in [0, 0.1) is 0 Å². The van der Waals surface area contributed by atoms with Gasteiger partial charge in [0.15, 0.2) is 0 Å². The first-order valence-corrected chi connectivity index (χ1v) is 6.91. The molecule has 0 radical (unpaired) electrons. The van der Waals surface area contributed by atoms with Gasteiger partial charge in [0.2, 0.25) is 0 Å². The Hall–Kier alpha value is -1.85. The van der Waals surface area contributed by atoms with Gasteiger partial charge in [-0.2, -0.15) is 0 Å². The largest absolute Gasteiger partial charge is 0.490 e. The van der Waals surface area contributed by atoms with Crippen molar-refractivity contribution in [2.24, 2.45) is 0 Å². The van der Waals surface area contributed by atoms with Gasteiger partial charge in [0, 0.05) is 36.9 Å². The van der Waals surface area contributed by atoms with Crippen molar-refractivity contribution in [3.05, 3.63) is 30.5 Å². The number of anilines is 1. The molecule has 1 aliphatic heterocycles. The van der Waals surface area contributed by atoms with E-state index in [1.54, 1.807) is 6.20 Å². The van der Waals surface area contributed by atoms with Crippen LogP contribution < -0.4 is 10.5 Å². The molecule has 3 rings (SSSR count). The molecule has 0 saturated carbocycles. The number of ether oxygens (including phenoxy) is 2. The Kier molecular flexibility index (Phi) is 3.99. The van der Waals surface area contributed by atoms with Crippen LogP contribution in [0.1, 0.15) is 0 Å². The quantitative estimate of drug-likeness (QED) is 0.856. The highest BCUT2D eigenvalue weighted by molar-refractivity contribution is 5.94. The molecule has 2 N–H and O–H groups in total. The molecular weight excluding hydrogens is 254 g/mol. The Morgan fingerprint density at radius 3 is 2.95 bits per heavy atom. The lowest BCUT2D eigenvalue weighted by atomic mass is 10.2. The Bertz CT molecular complexity index is 582. The molecule has 1 aliphatic rings. The van der Waals surface area contributed by atoms with E-state index in [0.717, 1.165) is 55.2 Å². The molecule has 5 heteroatoms. The van der Waals surface area contributed by atoms with E-state index in [1.165, 1.54) is 0 Å². The molecule has 0 unspecified atom stereocenters. The Morgan fingerprint density at radius 2 is 2.10 bits per heavy atom. The second-order valence-electron chi connectivity index (χ2n) is 4.85. The average Bonchev–Trinajstić information content (AvgIpc) is 2.51. The fourth-order valence-corrected chi connectivity index (χ4v) is 2.39. The van der Waals surface area contributed by atoms with E-state index in [2.05, 4.69) is 9.88 Å². The second kappa shape index (κ2) is 6.07. The van der Waals surface area contributed by atoms with Crippen molar-refractivity contribution >= 4 is 16.6 Å². The molecule has 20 heavy (non-hydrogen) atoms. The van der Waals surface area contributed by atoms with Gasteiger partial charge in [0.1, 0.15) is 17.9 Å². The van der Waals surface area contributed by atoms with Crippen LogP contribution in [0.15, 0.2) is 30.5 Å². The molecule has 1 aromatic heterocycles. The zero-order valence-electron chi connectivity index (χ0n) is 11.4. The SMILES string of the molecule is Nc1ccc(OCCN2CCOCC2)c2ncccc12. The van der Waals surface area contributed by atoms with Crippen molar-refractivity contribution in [1.82, 2.24) is 9.88 Å². The van der Waals surface area contributed by atoms with Crippen molar-refractivity contribution in [3.8, 4) is 5.75 Å². The van der Waals surface area contributed by atoms with Gasteiger partial charge in [-0.05, 0) is 24.3 Å². The smallest absolute Gasteiger partial charge is 0.145 e. The first-order valence-electron chi connectivity index (χ1n) is 6.91. The molecule has 0 bridgehead atoms. The molecule has 0 spiro atoms. The minimum Gasteiger partial charge on any atom is -0.490 e. The van der Waals surface area contributed by atoms with Crippen LogP contribution in [0.5, 0.6) is 5.75 Å². The zero-order chi connectivity index (χ0) is 13.8. The fraction of sp³-hybridized carbons (Fsp3) is 0.400. The number of rotatable bonds is 4. The number of benzene rings is 1. The standard InChI is InChI=1S/C15H19N3O2/c16-13-3-4-14(15-12(13)2-1-5-17-15)20-11-8-18-6-9-19-10-7-18/h1-5H,6-11,16H2. The predicted molar refractivity (Wildman–Crippen MR) is 78.9 cm³/mol. The third-order valence-corrected chi connectivity index (χ3v) is 3.54. The Morgan fingerprint density at radius 1 is 1.25 bits per heavy atom. The van der Waals surface area contributed by atoms with Gasteiger partial charge in [-0.3, -0.25) is 9.88 Å². The van der Waals surface area contributed by atoms with Gasteiger partial charge in [-0.25, -0.2) is 0 Å². The fourth-order valence-electron chi connectivity index (χ4n) is 2.39. The van der Waals surface area contributed by atoms with Crippen molar-refractivity contribution in [1.29, 1.82) is 0 Å². The van der Waals surface area contributed by atoms with E-state index in [9.17, 15) is 0 Å². The van der Waals surface area contributed by atoms with E-state index in [4.69, 9.17) is 15.2 Å². The third-order valence-electron chi connectivity index (χ3n) is 3.54. The highest BCUT2D eigenvalue weighted by Gasteiger charge is 2.11. The van der Waals surface area contributed by atoms with Crippen LogP contribution >= 0.6 is 0 Å². The summed E-state index contributed by atoms with van der Waals surface area (Å²) in [5.41, 5.74) is 7.51. The Labute approximate surface area is 118 Å². The van der Waals surface area contributed by atoms with E-state index in [-0.39, 0.29) is 0 Å². The molecule has 0 amide bonds. The molecule has 2 aromatic rings. The van der Waals surface area contributed by atoms with Gasteiger partial charge < -0.3 is 15.2 Å². The number of hydrogen-bond acceptors (Lipinski definition) is 5.